The molecular weight excluding hydrogens is 330 g/mol. The molecule has 2 unspecified atom stereocenters. The molecule has 26 heavy (non-hydrogen) atoms. The number of hydrogen-bond acceptors (Lipinski definition) is 4. The summed E-state index contributed by atoms with van der Waals surface area (Å²) >= 11 is 0. The molecule has 0 radical (unpaired) electrons. The molecule has 0 aliphatic carbocycles. The SMILES string of the molecule is CCCCCCC(=O)N(Cc1nc(C(=O)NC(C)CC)co1)C(C)CC. The molecule has 1 rings (SSSR count). The lowest BCUT2D eigenvalue weighted by molar-refractivity contribution is -0.134. The zero-order valence-electron chi connectivity index (χ0n) is 17.0. The lowest BCUT2D eigenvalue weighted by atomic mass is 10.1. The van der Waals surface area contributed by atoms with Crippen LogP contribution in [0.5, 0.6) is 0 Å². The van der Waals surface area contributed by atoms with Crippen LogP contribution in [0.15, 0.2) is 10.7 Å². The van der Waals surface area contributed by atoms with Crippen molar-refractivity contribution in [1.29, 1.82) is 0 Å². The van der Waals surface area contributed by atoms with Gasteiger partial charge in [-0.15, -0.1) is 0 Å². The highest BCUT2D eigenvalue weighted by Crippen LogP contribution is 2.15. The molecule has 0 saturated heterocycles. The van der Waals surface area contributed by atoms with E-state index in [4.69, 9.17) is 4.42 Å². The smallest absolute Gasteiger partial charge is 0.273 e. The number of amides is 2. The fourth-order valence-corrected chi connectivity index (χ4v) is 2.59. The van der Waals surface area contributed by atoms with Crippen LogP contribution in [0.1, 0.15) is 95.9 Å². The van der Waals surface area contributed by atoms with Crippen molar-refractivity contribution in [3.63, 3.8) is 0 Å². The Hall–Kier alpha value is -1.85. The number of nitrogens with zero attached hydrogens (tertiary/aromatic N) is 2. The number of oxazole rings is 1. The number of unbranched alkanes of at least 4 members (excludes halogenated alkanes) is 3. The summed E-state index contributed by atoms with van der Waals surface area (Å²) < 4.78 is 5.45. The van der Waals surface area contributed by atoms with Gasteiger partial charge in [-0.3, -0.25) is 9.59 Å². The standard InChI is InChI=1S/C20H35N3O3/c1-6-9-10-11-12-19(24)23(16(5)8-3)13-18-22-17(14-26-18)20(25)21-15(4)7-2/h14-16H,6-13H2,1-5H3,(H,21,25). The number of aromatic nitrogens is 1. The van der Waals surface area contributed by atoms with Crippen molar-refractivity contribution >= 4 is 11.8 Å². The van der Waals surface area contributed by atoms with Gasteiger partial charge in [0.1, 0.15) is 6.26 Å². The van der Waals surface area contributed by atoms with Gasteiger partial charge in [-0.2, -0.15) is 0 Å². The maximum atomic E-state index is 12.6. The maximum absolute atomic E-state index is 12.6. The van der Waals surface area contributed by atoms with E-state index in [2.05, 4.69) is 24.1 Å². The van der Waals surface area contributed by atoms with Crippen LogP contribution in [0.4, 0.5) is 0 Å². The monoisotopic (exact) mass is 365 g/mol. The van der Waals surface area contributed by atoms with Crippen LogP contribution in [0, 0.1) is 0 Å². The summed E-state index contributed by atoms with van der Waals surface area (Å²) in [4.78, 5) is 30.8. The predicted molar refractivity (Wildman–Crippen MR) is 103 cm³/mol. The average molecular weight is 366 g/mol. The number of carbonyl (C=O) groups is 2. The van der Waals surface area contributed by atoms with E-state index in [1.54, 1.807) is 0 Å². The summed E-state index contributed by atoms with van der Waals surface area (Å²) in [6.45, 7) is 10.5. The van der Waals surface area contributed by atoms with Crippen LogP contribution in [-0.4, -0.2) is 33.8 Å². The summed E-state index contributed by atoms with van der Waals surface area (Å²) in [7, 11) is 0. The summed E-state index contributed by atoms with van der Waals surface area (Å²) in [5.41, 5.74) is 0.264. The normalized spacial score (nSPS) is 13.3. The highest BCUT2D eigenvalue weighted by Gasteiger charge is 2.22. The Labute approximate surface area is 157 Å². The van der Waals surface area contributed by atoms with Gasteiger partial charge in [0, 0.05) is 18.5 Å². The largest absolute Gasteiger partial charge is 0.446 e. The molecule has 0 spiro atoms. The van der Waals surface area contributed by atoms with Gasteiger partial charge in [0.25, 0.3) is 5.91 Å². The zero-order valence-corrected chi connectivity index (χ0v) is 17.0. The molecule has 6 nitrogen and oxygen atoms in total. The highest BCUT2D eigenvalue weighted by atomic mass is 16.3. The fourth-order valence-electron chi connectivity index (χ4n) is 2.59. The number of rotatable bonds is 12. The summed E-state index contributed by atoms with van der Waals surface area (Å²) in [5.74, 6) is 0.288. The van der Waals surface area contributed by atoms with E-state index in [0.717, 1.165) is 38.5 Å². The van der Waals surface area contributed by atoms with Crippen LogP contribution in [0.25, 0.3) is 0 Å². The van der Waals surface area contributed by atoms with E-state index in [-0.39, 0.29) is 29.6 Å². The molecule has 148 valence electrons. The van der Waals surface area contributed by atoms with Gasteiger partial charge >= 0.3 is 0 Å². The van der Waals surface area contributed by atoms with E-state index in [1.807, 2.05) is 25.7 Å². The Bertz CT molecular complexity index is 556. The molecule has 0 fully saturated rings. The van der Waals surface area contributed by atoms with Gasteiger partial charge in [0.2, 0.25) is 11.8 Å². The first-order valence-electron chi connectivity index (χ1n) is 9.97. The van der Waals surface area contributed by atoms with Gasteiger partial charge < -0.3 is 14.6 Å². The van der Waals surface area contributed by atoms with Crippen molar-refractivity contribution in [3.8, 4) is 0 Å². The first kappa shape index (κ1) is 22.2. The van der Waals surface area contributed by atoms with E-state index < -0.39 is 0 Å². The minimum atomic E-state index is -0.240. The third-order valence-corrected chi connectivity index (χ3v) is 4.77. The molecular formula is C20H35N3O3. The van der Waals surface area contributed by atoms with Crippen molar-refractivity contribution in [3.05, 3.63) is 17.8 Å². The second-order valence-corrected chi connectivity index (χ2v) is 7.00. The van der Waals surface area contributed by atoms with Crippen molar-refractivity contribution < 1.29 is 14.0 Å². The van der Waals surface area contributed by atoms with Crippen LogP contribution < -0.4 is 5.32 Å². The molecule has 2 amide bonds. The Morgan fingerprint density at radius 3 is 2.50 bits per heavy atom. The minimum Gasteiger partial charge on any atom is -0.446 e. The van der Waals surface area contributed by atoms with E-state index in [0.29, 0.717) is 18.9 Å². The molecule has 2 atom stereocenters. The van der Waals surface area contributed by atoms with Crippen molar-refractivity contribution in [2.24, 2.45) is 0 Å². The van der Waals surface area contributed by atoms with Gasteiger partial charge in [-0.25, -0.2) is 4.98 Å². The molecule has 0 saturated carbocycles. The zero-order chi connectivity index (χ0) is 19.5. The molecule has 1 heterocycles. The van der Waals surface area contributed by atoms with Crippen molar-refractivity contribution in [2.45, 2.75) is 98.2 Å². The van der Waals surface area contributed by atoms with Crippen molar-refractivity contribution in [1.82, 2.24) is 15.2 Å². The van der Waals surface area contributed by atoms with Crippen LogP contribution in [0.2, 0.25) is 0 Å². The van der Waals surface area contributed by atoms with E-state index in [9.17, 15) is 9.59 Å². The van der Waals surface area contributed by atoms with Gasteiger partial charge in [-0.05, 0) is 33.1 Å². The Morgan fingerprint density at radius 2 is 1.88 bits per heavy atom. The lowest BCUT2D eigenvalue weighted by Gasteiger charge is -2.27. The average Bonchev–Trinajstić information content (AvgIpc) is 3.11. The molecule has 1 aromatic rings. The Balaban J connectivity index is 2.70. The molecule has 6 heteroatoms. The van der Waals surface area contributed by atoms with Crippen LogP contribution in [-0.2, 0) is 11.3 Å². The molecule has 1 aromatic heterocycles. The first-order valence-corrected chi connectivity index (χ1v) is 9.97. The topological polar surface area (TPSA) is 75.4 Å². The fraction of sp³-hybridized carbons (Fsp3) is 0.750. The van der Waals surface area contributed by atoms with Gasteiger partial charge in [0.15, 0.2) is 5.69 Å². The number of nitrogens with one attached hydrogen (secondary N) is 1. The van der Waals surface area contributed by atoms with E-state index in [1.165, 1.54) is 6.26 Å². The predicted octanol–water partition coefficient (Wildman–Crippen LogP) is 4.30. The van der Waals surface area contributed by atoms with Gasteiger partial charge in [-0.1, -0.05) is 40.0 Å². The number of hydrogen-bond donors (Lipinski definition) is 1. The van der Waals surface area contributed by atoms with Crippen molar-refractivity contribution in [2.75, 3.05) is 0 Å². The third-order valence-electron chi connectivity index (χ3n) is 4.77. The quantitative estimate of drug-likeness (QED) is 0.560. The van der Waals surface area contributed by atoms with Gasteiger partial charge in [0.05, 0.1) is 6.54 Å². The Kier molecular flexibility index (Phi) is 9.99. The van der Waals surface area contributed by atoms with Crippen LogP contribution in [0.3, 0.4) is 0 Å². The summed E-state index contributed by atoms with van der Waals surface area (Å²) in [6, 6.07) is 0.196. The third kappa shape index (κ3) is 7.18. The summed E-state index contributed by atoms with van der Waals surface area (Å²) in [5, 5.41) is 2.87. The van der Waals surface area contributed by atoms with E-state index >= 15 is 0 Å². The first-order chi connectivity index (χ1) is 12.4. The minimum absolute atomic E-state index is 0.0870. The maximum Gasteiger partial charge on any atom is 0.273 e. The second kappa shape index (κ2) is 11.7. The molecule has 0 aliphatic rings. The Morgan fingerprint density at radius 1 is 1.15 bits per heavy atom. The lowest BCUT2D eigenvalue weighted by Crippen LogP contribution is -2.37. The highest BCUT2D eigenvalue weighted by molar-refractivity contribution is 5.92. The van der Waals surface area contributed by atoms with Crippen LogP contribution >= 0.6 is 0 Å². The molecule has 0 aromatic carbocycles. The molecule has 1 N–H and O–H groups in total. The summed E-state index contributed by atoms with van der Waals surface area (Å²) in [6.07, 6.45) is 7.93. The molecule has 0 bridgehead atoms. The molecule has 0 aliphatic heterocycles. The second-order valence-electron chi connectivity index (χ2n) is 7.00. The number of carbonyl (C=O) groups excluding carboxylic acids is 2.